The molecule has 2 aromatic carbocycles. The third-order valence-electron chi connectivity index (χ3n) is 6.25. The molecule has 0 aliphatic rings. The summed E-state index contributed by atoms with van der Waals surface area (Å²) in [6.07, 6.45) is -0.720. The molecule has 0 saturated heterocycles. The van der Waals surface area contributed by atoms with Crippen molar-refractivity contribution in [2.75, 3.05) is 38.6 Å². The van der Waals surface area contributed by atoms with Gasteiger partial charge in [0.1, 0.15) is 5.75 Å². The minimum absolute atomic E-state index is 0.0238. The van der Waals surface area contributed by atoms with E-state index in [0.29, 0.717) is 28.6 Å². The predicted octanol–water partition coefficient (Wildman–Crippen LogP) is 3.31. The number of H-pyrrole nitrogens is 1. The van der Waals surface area contributed by atoms with Gasteiger partial charge in [-0.3, -0.25) is 4.90 Å². The molecule has 1 heterocycles. The second-order valence-electron chi connectivity index (χ2n) is 9.18. The van der Waals surface area contributed by atoms with Gasteiger partial charge in [-0.25, -0.2) is 8.42 Å². The zero-order chi connectivity index (χ0) is 28.8. The Bertz CT molecular complexity index is 1550. The number of nitrogens with zero attached hydrogens (tertiary/aromatic N) is 1. The fourth-order valence-electron chi connectivity index (χ4n) is 4.31. The summed E-state index contributed by atoms with van der Waals surface area (Å²) >= 11 is 0. The number of nitrogens with two attached hydrogens (primary N) is 1. The van der Waals surface area contributed by atoms with Gasteiger partial charge < -0.3 is 20.6 Å². The van der Waals surface area contributed by atoms with Crippen molar-refractivity contribution in [1.82, 2.24) is 9.88 Å². The minimum atomic E-state index is -4.36. The topological polar surface area (TPSA) is 109 Å². The first-order chi connectivity index (χ1) is 18.4. The number of alkyl halides is 3. The molecule has 3 aromatic rings. The van der Waals surface area contributed by atoms with Crippen LogP contribution in [0.15, 0.2) is 53.1 Å². The average Bonchev–Trinajstić information content (AvgIpc) is 3.21. The Morgan fingerprint density at radius 1 is 1.23 bits per heavy atom. The summed E-state index contributed by atoms with van der Waals surface area (Å²) < 4.78 is 69.5. The molecule has 0 radical (unpaired) electrons. The van der Waals surface area contributed by atoms with Crippen LogP contribution in [0, 0.1) is 0 Å². The van der Waals surface area contributed by atoms with Gasteiger partial charge in [0.05, 0.1) is 35.9 Å². The second-order valence-corrected chi connectivity index (χ2v) is 11.5. The van der Waals surface area contributed by atoms with E-state index in [-0.39, 0.29) is 37.0 Å². The van der Waals surface area contributed by atoms with Crippen LogP contribution in [0.2, 0.25) is 0 Å². The van der Waals surface area contributed by atoms with Gasteiger partial charge in [0, 0.05) is 29.0 Å². The molecule has 39 heavy (non-hydrogen) atoms. The lowest BCUT2D eigenvalue weighted by atomic mass is 9.99. The van der Waals surface area contributed by atoms with Crippen LogP contribution >= 0.6 is 0 Å². The molecule has 0 atom stereocenters. The van der Waals surface area contributed by atoms with E-state index in [2.05, 4.69) is 11.6 Å². The van der Waals surface area contributed by atoms with E-state index >= 15 is 0 Å². The maximum Gasteiger partial charge on any atom is 0.401 e. The summed E-state index contributed by atoms with van der Waals surface area (Å²) in [7, 11) is -3.42. The first-order valence-electron chi connectivity index (χ1n) is 12.5. The molecule has 1 aromatic heterocycles. The van der Waals surface area contributed by atoms with Crippen LogP contribution in [0.1, 0.15) is 20.3 Å². The third-order valence-corrected chi connectivity index (χ3v) is 7.98. The van der Waals surface area contributed by atoms with Gasteiger partial charge in [0.15, 0.2) is 9.84 Å². The number of hydrogen-bond acceptors (Lipinski definition) is 6. The lowest BCUT2D eigenvalue weighted by Gasteiger charge is -2.22. The van der Waals surface area contributed by atoms with E-state index in [9.17, 15) is 21.6 Å². The molecule has 0 unspecified atom stereocenters. The zero-order valence-corrected chi connectivity index (χ0v) is 22.8. The van der Waals surface area contributed by atoms with Crippen molar-refractivity contribution in [2.24, 2.45) is 5.73 Å². The Kier molecular flexibility index (Phi) is 9.87. The molecule has 0 aliphatic carbocycles. The number of nitrogens with one attached hydrogen (secondary N) is 1. The summed E-state index contributed by atoms with van der Waals surface area (Å²) in [5.41, 5.74) is 8.56. The van der Waals surface area contributed by atoms with Crippen molar-refractivity contribution < 1.29 is 31.4 Å². The molecule has 11 heteroatoms. The first-order valence-corrected chi connectivity index (χ1v) is 14.1. The molecule has 3 rings (SSSR count). The van der Waals surface area contributed by atoms with E-state index < -0.39 is 22.6 Å². The van der Waals surface area contributed by atoms with E-state index in [4.69, 9.17) is 15.6 Å². The maximum absolute atomic E-state index is 12.8. The van der Waals surface area contributed by atoms with Gasteiger partial charge in [-0.2, -0.15) is 13.2 Å². The normalized spacial score (nSPS) is 13.5. The minimum Gasteiger partial charge on any atom is -0.491 e. The number of rotatable bonds is 12. The third kappa shape index (κ3) is 7.65. The molecular weight excluding hydrogens is 531 g/mol. The van der Waals surface area contributed by atoms with E-state index in [1.165, 1.54) is 6.20 Å². The van der Waals surface area contributed by atoms with E-state index in [0.717, 1.165) is 26.6 Å². The number of sulfone groups is 1. The van der Waals surface area contributed by atoms with Crippen molar-refractivity contribution in [3.05, 3.63) is 58.7 Å². The highest BCUT2D eigenvalue weighted by Crippen LogP contribution is 2.32. The molecule has 0 bridgehead atoms. The van der Waals surface area contributed by atoms with Crippen molar-refractivity contribution >= 4 is 33.4 Å². The lowest BCUT2D eigenvalue weighted by molar-refractivity contribution is -0.147. The number of aromatic nitrogens is 1. The summed E-state index contributed by atoms with van der Waals surface area (Å²) in [5.74, 6) is 0.457. The highest BCUT2D eigenvalue weighted by molar-refractivity contribution is 7.91. The van der Waals surface area contributed by atoms with Crippen molar-refractivity contribution in [3.63, 3.8) is 0 Å². The molecule has 0 fully saturated rings. The number of ether oxygens (including phenoxy) is 1. The summed E-state index contributed by atoms with van der Waals surface area (Å²) in [6.45, 7) is 6.24. The van der Waals surface area contributed by atoms with Crippen LogP contribution in [-0.4, -0.2) is 68.2 Å². The Morgan fingerprint density at radius 3 is 2.62 bits per heavy atom. The highest BCUT2D eigenvalue weighted by Gasteiger charge is 2.30. The average molecular weight is 566 g/mol. The number of allylic oxidation sites excluding steroid dienone is 1. The van der Waals surface area contributed by atoms with E-state index in [1.807, 2.05) is 25.1 Å². The highest BCUT2D eigenvalue weighted by atomic mass is 32.2. The number of benzene rings is 2. The molecule has 0 amide bonds. The van der Waals surface area contributed by atoms with Gasteiger partial charge in [0.2, 0.25) is 0 Å². The van der Waals surface area contributed by atoms with Gasteiger partial charge in [-0.1, -0.05) is 25.6 Å². The molecule has 0 aliphatic heterocycles. The van der Waals surface area contributed by atoms with Crippen LogP contribution in [0.3, 0.4) is 0 Å². The zero-order valence-electron chi connectivity index (χ0n) is 22.0. The van der Waals surface area contributed by atoms with Crippen molar-refractivity contribution in [3.8, 4) is 16.9 Å². The number of aliphatic hydroxyl groups is 1. The number of halogens is 3. The number of aliphatic hydroxyl groups excluding tert-OH is 1. The lowest BCUT2D eigenvalue weighted by Crippen LogP contribution is -2.37. The Labute approximate surface area is 226 Å². The van der Waals surface area contributed by atoms with Crippen LogP contribution in [0.4, 0.5) is 13.2 Å². The SMILES string of the molecule is C=c1[nH]c2c(OCCCN(CCO)CC(F)(F)F)ccc(-c3cccc(S(=O)(=O)CC)c3)c2/c1=C/C(C)=C\N. The molecule has 7 nitrogen and oxygen atoms in total. The summed E-state index contributed by atoms with van der Waals surface area (Å²) in [4.78, 5) is 4.60. The Hall–Kier alpha value is -3.28. The number of fused-ring (bicyclic) bond motifs is 1. The molecular formula is C28H34F3N3O4S. The van der Waals surface area contributed by atoms with Gasteiger partial charge in [-0.05, 0) is 66.6 Å². The van der Waals surface area contributed by atoms with Gasteiger partial charge >= 0.3 is 6.18 Å². The van der Waals surface area contributed by atoms with Crippen LogP contribution in [-0.2, 0) is 9.84 Å². The van der Waals surface area contributed by atoms with Gasteiger partial charge in [0.25, 0.3) is 0 Å². The smallest absolute Gasteiger partial charge is 0.401 e. The fourth-order valence-corrected chi connectivity index (χ4v) is 5.24. The van der Waals surface area contributed by atoms with E-state index in [1.54, 1.807) is 31.2 Å². The fraction of sp³-hybridized carbons (Fsp3) is 0.357. The van der Waals surface area contributed by atoms with Crippen molar-refractivity contribution in [2.45, 2.75) is 31.3 Å². The van der Waals surface area contributed by atoms with Crippen molar-refractivity contribution in [1.29, 1.82) is 0 Å². The standard InChI is InChI=1S/C28H34F3N3O4S/c1-4-39(36,37)22-8-5-7-21(16-22)23-9-10-25(27-26(23)24(20(3)33-27)15-19(2)17-32)38-14-6-11-34(12-13-35)18-28(29,30)31/h5,7-10,15-17,33,35H,3-4,6,11-14,18,32H2,1-2H3/b19-17-,24-15+. The molecule has 0 spiro atoms. The summed E-state index contributed by atoms with van der Waals surface area (Å²) in [5, 5.41) is 11.2. The predicted molar refractivity (Wildman–Crippen MR) is 148 cm³/mol. The maximum atomic E-state index is 12.8. The second kappa shape index (κ2) is 12.7. The Morgan fingerprint density at radius 2 is 1.97 bits per heavy atom. The van der Waals surface area contributed by atoms with Crippen LogP contribution in [0.25, 0.3) is 34.7 Å². The number of aromatic amines is 1. The quantitative estimate of drug-likeness (QED) is 0.291. The molecule has 212 valence electrons. The molecule has 0 saturated carbocycles. The molecule has 4 N–H and O–H groups in total. The summed E-state index contributed by atoms with van der Waals surface area (Å²) in [6, 6.07) is 10.3. The largest absolute Gasteiger partial charge is 0.491 e. The van der Waals surface area contributed by atoms with Gasteiger partial charge in [-0.15, -0.1) is 0 Å². The monoisotopic (exact) mass is 565 g/mol. The van der Waals surface area contributed by atoms with Crippen LogP contribution in [0.5, 0.6) is 5.75 Å². The number of hydrogen-bond donors (Lipinski definition) is 3. The first kappa shape index (κ1) is 30.3. The van der Waals surface area contributed by atoms with Crippen LogP contribution < -0.4 is 21.0 Å². The Balaban J connectivity index is 2.02.